The highest BCUT2D eigenvalue weighted by molar-refractivity contribution is 9.10. The van der Waals surface area contributed by atoms with Crippen molar-refractivity contribution in [2.45, 2.75) is 65.1 Å². The molecule has 0 radical (unpaired) electrons. The standard InChI is InChI=1S/C20H25BrF3N3O2/c1-6-16-25-15(17(23)24)10-27(16)11-20(5,26-18(28)29-19(2,3)4)13-9-12(21)7-8-14(13)22/h7-10,17H,6,11H2,1-5H3,(H,26,28). The van der Waals surface area contributed by atoms with Crippen molar-refractivity contribution in [3.63, 3.8) is 0 Å². The van der Waals surface area contributed by atoms with Gasteiger partial charge in [-0.3, -0.25) is 0 Å². The zero-order valence-corrected chi connectivity index (χ0v) is 18.6. The highest BCUT2D eigenvalue weighted by Gasteiger charge is 2.35. The summed E-state index contributed by atoms with van der Waals surface area (Å²) in [7, 11) is 0. The number of halogens is 4. The predicted molar refractivity (Wildman–Crippen MR) is 107 cm³/mol. The van der Waals surface area contributed by atoms with Crippen LogP contribution in [0.1, 0.15) is 58.1 Å². The summed E-state index contributed by atoms with van der Waals surface area (Å²) in [5.41, 5.74) is -2.23. The minimum Gasteiger partial charge on any atom is -0.444 e. The molecule has 9 heteroatoms. The van der Waals surface area contributed by atoms with Gasteiger partial charge in [0.1, 0.15) is 22.9 Å². The number of hydrogen-bond donors (Lipinski definition) is 1. The zero-order valence-electron chi connectivity index (χ0n) is 17.0. The Morgan fingerprint density at radius 3 is 2.52 bits per heavy atom. The Morgan fingerprint density at radius 2 is 1.97 bits per heavy atom. The quantitative estimate of drug-likeness (QED) is 0.580. The van der Waals surface area contributed by atoms with Gasteiger partial charge < -0.3 is 14.6 Å². The maximum Gasteiger partial charge on any atom is 0.408 e. The fraction of sp³-hybridized carbons (Fsp3) is 0.500. The number of benzene rings is 1. The minimum atomic E-state index is -2.73. The van der Waals surface area contributed by atoms with Crippen LogP contribution in [0.4, 0.5) is 18.0 Å². The van der Waals surface area contributed by atoms with Crippen molar-refractivity contribution in [3.8, 4) is 0 Å². The lowest BCUT2D eigenvalue weighted by atomic mass is 9.91. The molecule has 1 atom stereocenters. The first-order chi connectivity index (χ1) is 13.3. The molecule has 2 rings (SSSR count). The average molecular weight is 476 g/mol. The van der Waals surface area contributed by atoms with Crippen molar-refractivity contribution in [1.29, 1.82) is 0 Å². The summed E-state index contributed by atoms with van der Waals surface area (Å²) >= 11 is 3.31. The maximum absolute atomic E-state index is 14.7. The maximum atomic E-state index is 14.7. The number of nitrogens with zero attached hydrogens (tertiary/aromatic N) is 2. The van der Waals surface area contributed by atoms with E-state index in [2.05, 4.69) is 26.2 Å². The van der Waals surface area contributed by atoms with E-state index in [1.54, 1.807) is 40.7 Å². The molecule has 0 aliphatic carbocycles. The monoisotopic (exact) mass is 475 g/mol. The van der Waals surface area contributed by atoms with E-state index in [-0.39, 0.29) is 17.8 Å². The zero-order chi connectivity index (χ0) is 22.0. The first-order valence-corrected chi connectivity index (χ1v) is 9.94. The molecule has 1 heterocycles. The molecule has 1 unspecified atom stereocenters. The summed E-state index contributed by atoms with van der Waals surface area (Å²) in [5, 5.41) is 2.71. The third-order valence-electron chi connectivity index (χ3n) is 4.20. The number of amides is 1. The van der Waals surface area contributed by atoms with Gasteiger partial charge in [0.2, 0.25) is 0 Å². The molecular weight excluding hydrogens is 451 g/mol. The Bertz CT molecular complexity index is 880. The molecule has 1 aromatic heterocycles. The molecule has 1 amide bonds. The Hall–Kier alpha value is -2.03. The number of ether oxygens (including phenoxy) is 1. The lowest BCUT2D eigenvalue weighted by molar-refractivity contribution is 0.0447. The van der Waals surface area contributed by atoms with Gasteiger partial charge in [-0.05, 0) is 45.9 Å². The second-order valence-electron chi connectivity index (χ2n) is 7.95. The van der Waals surface area contributed by atoms with Gasteiger partial charge >= 0.3 is 6.09 Å². The number of hydrogen-bond acceptors (Lipinski definition) is 3. The van der Waals surface area contributed by atoms with Crippen LogP contribution >= 0.6 is 15.9 Å². The molecule has 0 aliphatic heterocycles. The van der Waals surface area contributed by atoms with E-state index in [0.717, 1.165) is 0 Å². The van der Waals surface area contributed by atoms with Gasteiger partial charge in [0.05, 0.1) is 12.1 Å². The first-order valence-electron chi connectivity index (χ1n) is 9.15. The Labute approximate surface area is 176 Å². The van der Waals surface area contributed by atoms with E-state index in [0.29, 0.717) is 16.7 Å². The van der Waals surface area contributed by atoms with E-state index in [1.807, 2.05) is 0 Å². The molecule has 0 bridgehead atoms. The molecule has 2 aromatic rings. The third kappa shape index (κ3) is 5.98. The number of alkyl halides is 2. The number of imidazole rings is 1. The van der Waals surface area contributed by atoms with Crippen LogP contribution in [0, 0.1) is 5.82 Å². The molecule has 0 saturated carbocycles. The van der Waals surface area contributed by atoms with Crippen molar-refractivity contribution in [3.05, 3.63) is 51.8 Å². The van der Waals surface area contributed by atoms with Crippen LogP contribution in [0.25, 0.3) is 0 Å². The first kappa shape index (κ1) is 23.3. The summed E-state index contributed by atoms with van der Waals surface area (Å²) in [6, 6.07) is 4.35. The number of rotatable bonds is 6. The Balaban J connectivity index is 2.50. The van der Waals surface area contributed by atoms with E-state index in [1.165, 1.54) is 22.9 Å². The van der Waals surface area contributed by atoms with Gasteiger partial charge in [-0.1, -0.05) is 22.9 Å². The average Bonchev–Trinajstić information content (AvgIpc) is 2.97. The van der Waals surface area contributed by atoms with Crippen LogP contribution in [-0.2, 0) is 23.2 Å². The summed E-state index contributed by atoms with van der Waals surface area (Å²) in [5.74, 6) is -0.132. The largest absolute Gasteiger partial charge is 0.444 e. The van der Waals surface area contributed by atoms with Crippen LogP contribution < -0.4 is 5.32 Å². The lowest BCUT2D eigenvalue weighted by Crippen LogP contribution is -2.49. The van der Waals surface area contributed by atoms with Crippen molar-refractivity contribution in [2.75, 3.05) is 0 Å². The van der Waals surface area contributed by atoms with Crippen LogP contribution in [0.5, 0.6) is 0 Å². The van der Waals surface area contributed by atoms with Gasteiger partial charge in [0.15, 0.2) is 0 Å². The number of alkyl carbamates (subject to hydrolysis) is 1. The smallest absolute Gasteiger partial charge is 0.408 e. The third-order valence-corrected chi connectivity index (χ3v) is 4.70. The summed E-state index contributed by atoms with van der Waals surface area (Å²) < 4.78 is 48.4. The summed E-state index contributed by atoms with van der Waals surface area (Å²) in [6.45, 7) is 8.52. The molecule has 0 aliphatic rings. The Kier molecular flexibility index (Phi) is 7.03. The van der Waals surface area contributed by atoms with E-state index in [9.17, 15) is 18.0 Å². The van der Waals surface area contributed by atoms with E-state index < -0.39 is 29.5 Å². The Morgan fingerprint density at radius 1 is 1.31 bits per heavy atom. The molecule has 29 heavy (non-hydrogen) atoms. The molecule has 0 spiro atoms. The van der Waals surface area contributed by atoms with Crippen LogP contribution in [0.15, 0.2) is 28.9 Å². The highest BCUT2D eigenvalue weighted by atomic mass is 79.9. The molecule has 5 nitrogen and oxygen atoms in total. The molecule has 1 aromatic carbocycles. The second-order valence-corrected chi connectivity index (χ2v) is 8.86. The van der Waals surface area contributed by atoms with Crippen molar-refractivity contribution < 1.29 is 22.7 Å². The minimum absolute atomic E-state index is 0.0114. The topological polar surface area (TPSA) is 56.2 Å². The summed E-state index contributed by atoms with van der Waals surface area (Å²) in [4.78, 5) is 16.4. The number of nitrogens with one attached hydrogen (secondary N) is 1. The van der Waals surface area contributed by atoms with Crippen LogP contribution in [-0.4, -0.2) is 21.2 Å². The van der Waals surface area contributed by atoms with Gasteiger partial charge in [-0.25, -0.2) is 22.9 Å². The van der Waals surface area contributed by atoms with Gasteiger partial charge in [-0.15, -0.1) is 0 Å². The SMILES string of the molecule is CCc1nc(C(F)F)cn1CC(C)(NC(=O)OC(C)(C)C)c1cc(Br)ccc1F. The van der Waals surface area contributed by atoms with Crippen molar-refractivity contribution in [1.82, 2.24) is 14.9 Å². The number of aromatic nitrogens is 2. The number of carbonyl (C=O) groups is 1. The van der Waals surface area contributed by atoms with E-state index >= 15 is 0 Å². The fourth-order valence-corrected chi connectivity index (χ4v) is 3.34. The van der Waals surface area contributed by atoms with Crippen LogP contribution in [0.2, 0.25) is 0 Å². The highest BCUT2D eigenvalue weighted by Crippen LogP contribution is 2.30. The fourth-order valence-electron chi connectivity index (χ4n) is 2.98. The second kappa shape index (κ2) is 8.77. The van der Waals surface area contributed by atoms with Gasteiger partial charge in [0, 0.05) is 22.7 Å². The molecule has 0 fully saturated rings. The molecular formula is C20H25BrF3N3O2. The number of carbonyl (C=O) groups excluding carboxylic acids is 1. The molecule has 1 N–H and O–H groups in total. The van der Waals surface area contributed by atoms with Gasteiger partial charge in [0.25, 0.3) is 6.43 Å². The van der Waals surface area contributed by atoms with Crippen molar-refractivity contribution >= 4 is 22.0 Å². The van der Waals surface area contributed by atoms with Gasteiger partial charge in [-0.2, -0.15) is 0 Å². The molecule has 0 saturated heterocycles. The lowest BCUT2D eigenvalue weighted by Gasteiger charge is -2.33. The number of aryl methyl sites for hydroxylation is 1. The normalized spacial score (nSPS) is 14.0. The molecule has 160 valence electrons. The summed E-state index contributed by atoms with van der Waals surface area (Å²) in [6.07, 6.45) is -1.84. The van der Waals surface area contributed by atoms with Crippen molar-refractivity contribution in [2.24, 2.45) is 0 Å². The van der Waals surface area contributed by atoms with E-state index in [4.69, 9.17) is 4.74 Å². The predicted octanol–water partition coefficient (Wildman–Crippen LogP) is 5.72. The van der Waals surface area contributed by atoms with Crippen LogP contribution in [0.3, 0.4) is 0 Å².